The molecule has 0 saturated carbocycles. The zero-order valence-corrected chi connectivity index (χ0v) is 22.6. The maximum absolute atomic E-state index is 14.2. The van der Waals surface area contributed by atoms with Crippen LogP contribution in [0.15, 0.2) is 42.5 Å². The molecule has 2 spiro atoms. The third-order valence-electron chi connectivity index (χ3n) is 8.42. The van der Waals surface area contributed by atoms with Gasteiger partial charge in [0, 0.05) is 39.8 Å². The Balaban J connectivity index is 1.48. The van der Waals surface area contributed by atoms with Gasteiger partial charge in [-0.25, -0.2) is 0 Å². The van der Waals surface area contributed by atoms with Crippen LogP contribution in [-0.4, -0.2) is 50.1 Å². The Morgan fingerprint density at radius 3 is 2.51 bits per heavy atom. The summed E-state index contributed by atoms with van der Waals surface area (Å²) in [6.45, 7) is 0.0000435. The van der Waals surface area contributed by atoms with Crippen molar-refractivity contribution in [2.75, 3.05) is 21.3 Å². The van der Waals surface area contributed by atoms with E-state index in [1.54, 1.807) is 12.1 Å². The van der Waals surface area contributed by atoms with Crippen LogP contribution >= 0.6 is 0 Å². The lowest BCUT2D eigenvalue weighted by Gasteiger charge is -2.33. The van der Waals surface area contributed by atoms with Gasteiger partial charge in [0.25, 0.3) is 0 Å². The highest BCUT2D eigenvalue weighted by Gasteiger charge is 2.64. The molecular formula is C31H26O10. The molecule has 0 amide bonds. The number of hydrogen-bond donors (Lipinski definition) is 1. The quantitative estimate of drug-likeness (QED) is 0.369. The van der Waals surface area contributed by atoms with Gasteiger partial charge in [-0.2, -0.15) is 0 Å². The largest absolute Gasteiger partial charge is 0.507 e. The molecule has 1 saturated heterocycles. The predicted octanol–water partition coefficient (Wildman–Crippen LogP) is 3.84. The van der Waals surface area contributed by atoms with E-state index in [0.29, 0.717) is 46.6 Å². The van der Waals surface area contributed by atoms with Crippen molar-refractivity contribution in [3.8, 4) is 17.2 Å². The first kappa shape index (κ1) is 25.7. The lowest BCUT2D eigenvalue weighted by atomic mass is 9.77. The van der Waals surface area contributed by atoms with Crippen LogP contribution in [0.1, 0.15) is 73.4 Å². The normalized spacial score (nSPS) is 25.2. The highest BCUT2D eigenvalue weighted by atomic mass is 16.8. The van der Waals surface area contributed by atoms with Crippen LogP contribution < -0.4 is 9.47 Å². The molecule has 41 heavy (non-hydrogen) atoms. The molecule has 7 rings (SSSR count). The Kier molecular flexibility index (Phi) is 5.56. The molecule has 10 heteroatoms. The van der Waals surface area contributed by atoms with Crippen LogP contribution in [-0.2, 0) is 41.9 Å². The zero-order chi connectivity index (χ0) is 28.7. The lowest BCUT2D eigenvalue weighted by Crippen LogP contribution is -2.36. The van der Waals surface area contributed by atoms with Crippen LogP contribution in [0.4, 0.5) is 0 Å². The highest BCUT2D eigenvalue weighted by Crippen LogP contribution is 2.63. The number of phenols is 1. The Labute approximate surface area is 234 Å². The average molecular weight is 559 g/mol. The molecule has 1 aliphatic carbocycles. The van der Waals surface area contributed by atoms with E-state index in [4.69, 9.17) is 28.4 Å². The summed E-state index contributed by atoms with van der Waals surface area (Å²) in [5.74, 6) is -3.93. The van der Waals surface area contributed by atoms with Gasteiger partial charge in [0.05, 0.1) is 51.6 Å². The summed E-state index contributed by atoms with van der Waals surface area (Å²) in [7, 11) is 4.32. The summed E-state index contributed by atoms with van der Waals surface area (Å²) in [5, 5.41) is 10.7. The fraction of sp³-hybridized carbons (Fsp3) is 0.323. The minimum absolute atomic E-state index is 0.0000435. The van der Waals surface area contributed by atoms with Gasteiger partial charge in [-0.3, -0.25) is 14.4 Å². The SMILES string of the molecule is COC(=O)CC1CCC2(O1)OC1(OCc3c(OC)cc4c(c31)C(=O)c1c(O)cccc1C4=O)c1c(OC)cccc12. The van der Waals surface area contributed by atoms with Crippen LogP contribution in [0, 0.1) is 0 Å². The van der Waals surface area contributed by atoms with Gasteiger partial charge in [-0.05, 0) is 24.6 Å². The lowest BCUT2D eigenvalue weighted by molar-refractivity contribution is -0.329. The average Bonchev–Trinajstić information content (AvgIpc) is 3.65. The van der Waals surface area contributed by atoms with Crippen molar-refractivity contribution < 1.29 is 47.9 Å². The third-order valence-corrected chi connectivity index (χ3v) is 8.42. The molecule has 3 heterocycles. The molecule has 3 unspecified atom stereocenters. The van der Waals surface area contributed by atoms with Crippen LogP contribution in [0.5, 0.6) is 17.2 Å². The van der Waals surface area contributed by atoms with Crippen molar-refractivity contribution in [3.63, 3.8) is 0 Å². The first-order valence-electron chi connectivity index (χ1n) is 13.2. The summed E-state index contributed by atoms with van der Waals surface area (Å²) in [6, 6.07) is 11.3. The number of methoxy groups -OCH3 is 3. The maximum atomic E-state index is 14.2. The minimum Gasteiger partial charge on any atom is -0.507 e. The van der Waals surface area contributed by atoms with Crippen molar-refractivity contribution in [2.24, 2.45) is 0 Å². The molecule has 3 aromatic rings. The van der Waals surface area contributed by atoms with Crippen molar-refractivity contribution in [1.82, 2.24) is 0 Å². The number of carbonyl (C=O) groups excluding carboxylic acids is 3. The molecule has 0 bridgehead atoms. The van der Waals surface area contributed by atoms with Gasteiger partial charge < -0.3 is 33.5 Å². The zero-order valence-electron chi connectivity index (χ0n) is 22.6. The standard InChI is InChI=1S/C31H26O10/c1-36-21-9-5-7-19-27(21)31(41-30(19)11-10-15(40-30)12-23(33)38-3)26-18(14-39-31)22(37-2)13-17-25(26)29(35)24-16(28(17)34)6-4-8-20(24)32/h4-9,13,15,32H,10-12,14H2,1-3H3. The summed E-state index contributed by atoms with van der Waals surface area (Å²) in [4.78, 5) is 40.0. The first-order chi connectivity index (χ1) is 19.8. The summed E-state index contributed by atoms with van der Waals surface area (Å²) < 4.78 is 36.1. The topological polar surface area (TPSA) is 127 Å². The predicted molar refractivity (Wildman–Crippen MR) is 140 cm³/mol. The van der Waals surface area contributed by atoms with Crippen LogP contribution in [0.3, 0.4) is 0 Å². The van der Waals surface area contributed by atoms with E-state index in [1.165, 1.54) is 45.6 Å². The molecule has 3 aliphatic heterocycles. The van der Waals surface area contributed by atoms with Gasteiger partial charge in [0.15, 0.2) is 17.4 Å². The Hall–Kier alpha value is -4.25. The molecule has 3 atom stereocenters. The van der Waals surface area contributed by atoms with E-state index in [2.05, 4.69) is 0 Å². The van der Waals surface area contributed by atoms with Gasteiger partial charge in [0.2, 0.25) is 5.79 Å². The number of hydrogen-bond acceptors (Lipinski definition) is 10. The van der Waals surface area contributed by atoms with Gasteiger partial charge in [-0.15, -0.1) is 0 Å². The Morgan fingerprint density at radius 2 is 1.76 bits per heavy atom. The molecule has 210 valence electrons. The van der Waals surface area contributed by atoms with Gasteiger partial charge >= 0.3 is 5.97 Å². The van der Waals surface area contributed by atoms with Crippen LogP contribution in [0.2, 0.25) is 0 Å². The molecule has 0 aromatic heterocycles. The van der Waals surface area contributed by atoms with Crippen LogP contribution in [0.25, 0.3) is 0 Å². The van der Waals surface area contributed by atoms with E-state index in [1.807, 2.05) is 6.07 Å². The van der Waals surface area contributed by atoms with Crippen molar-refractivity contribution >= 4 is 17.5 Å². The number of esters is 1. The number of aromatic hydroxyl groups is 1. The number of phenolic OH excluding ortho intramolecular Hbond substituents is 1. The smallest absolute Gasteiger partial charge is 0.308 e. The summed E-state index contributed by atoms with van der Waals surface area (Å²) in [6.07, 6.45) is 0.447. The fourth-order valence-corrected chi connectivity index (χ4v) is 6.68. The Morgan fingerprint density at radius 1 is 0.976 bits per heavy atom. The Bertz CT molecular complexity index is 1680. The van der Waals surface area contributed by atoms with Crippen molar-refractivity contribution in [2.45, 2.75) is 43.5 Å². The summed E-state index contributed by atoms with van der Waals surface area (Å²) >= 11 is 0. The van der Waals surface area contributed by atoms with E-state index >= 15 is 0 Å². The number of ether oxygens (including phenoxy) is 6. The second kappa shape index (κ2) is 8.87. The van der Waals surface area contributed by atoms with Gasteiger partial charge in [-0.1, -0.05) is 24.3 Å². The van der Waals surface area contributed by atoms with Crippen molar-refractivity contribution in [3.05, 3.63) is 87.0 Å². The number of fused-ring (bicyclic) bond motifs is 8. The van der Waals surface area contributed by atoms with E-state index in [0.717, 1.165) is 0 Å². The molecule has 3 aromatic carbocycles. The molecule has 4 aliphatic rings. The summed E-state index contributed by atoms with van der Waals surface area (Å²) in [5.41, 5.74) is 2.17. The van der Waals surface area contributed by atoms with Crippen molar-refractivity contribution in [1.29, 1.82) is 0 Å². The second-order valence-corrected chi connectivity index (χ2v) is 10.4. The number of carbonyl (C=O) groups is 3. The third kappa shape index (κ3) is 3.32. The maximum Gasteiger partial charge on any atom is 0.308 e. The monoisotopic (exact) mass is 558 g/mol. The first-order valence-corrected chi connectivity index (χ1v) is 13.2. The molecule has 0 radical (unpaired) electrons. The fourth-order valence-electron chi connectivity index (χ4n) is 6.68. The highest BCUT2D eigenvalue weighted by molar-refractivity contribution is 6.30. The second-order valence-electron chi connectivity index (χ2n) is 10.4. The number of rotatable bonds is 4. The molecule has 10 nitrogen and oxygen atoms in total. The minimum atomic E-state index is -1.71. The number of benzene rings is 3. The van der Waals surface area contributed by atoms with E-state index in [9.17, 15) is 19.5 Å². The van der Waals surface area contributed by atoms with E-state index < -0.39 is 35.2 Å². The molecule has 1 fully saturated rings. The van der Waals surface area contributed by atoms with E-state index in [-0.39, 0.29) is 41.0 Å². The van der Waals surface area contributed by atoms with Gasteiger partial charge in [0.1, 0.15) is 17.2 Å². The molecule has 1 N–H and O–H groups in total. The number of ketones is 2. The molecular weight excluding hydrogens is 532 g/mol.